The number of nitrogens with zero attached hydrogens (tertiary/aromatic N) is 1. The van der Waals surface area contributed by atoms with E-state index in [4.69, 9.17) is 21.1 Å². The Morgan fingerprint density at radius 2 is 1.58 bits per heavy atom. The highest BCUT2D eigenvalue weighted by atomic mass is 35.5. The van der Waals surface area contributed by atoms with Gasteiger partial charge in [0, 0.05) is 9.92 Å². The molecule has 6 nitrogen and oxygen atoms in total. The number of imide groups is 1. The lowest BCUT2D eigenvalue weighted by molar-refractivity contribution is -0.120. The van der Waals surface area contributed by atoms with E-state index in [0.29, 0.717) is 22.2 Å². The fraction of sp³-hybridized carbons (Fsp3) is 0.120. The van der Waals surface area contributed by atoms with Crippen LogP contribution in [0.4, 0.5) is 11.4 Å². The molecule has 0 radical (unpaired) electrons. The van der Waals surface area contributed by atoms with Gasteiger partial charge in [-0.1, -0.05) is 53.2 Å². The van der Waals surface area contributed by atoms with Crippen molar-refractivity contribution in [1.29, 1.82) is 0 Å². The number of hydrogen-bond acceptors (Lipinski definition) is 6. The first kappa shape index (κ1) is 22.8. The van der Waals surface area contributed by atoms with Gasteiger partial charge < -0.3 is 14.8 Å². The summed E-state index contributed by atoms with van der Waals surface area (Å²) in [6.07, 6.45) is 0. The minimum Gasteiger partial charge on any atom is -0.495 e. The standard InChI is InChI=1S/C25H21ClN2O4S/c1-15-8-11-17(12-9-15)33-23-22(27-18-6-4-5-7-20(18)31-2)24(29)28(25(23)30)19-14-16(26)10-13-21(19)32-3/h4-14,27H,1-3H3. The maximum atomic E-state index is 13.6. The maximum absolute atomic E-state index is 13.6. The molecule has 0 saturated heterocycles. The maximum Gasteiger partial charge on any atom is 0.283 e. The molecule has 1 aliphatic rings. The number of ether oxygens (including phenoxy) is 2. The monoisotopic (exact) mass is 480 g/mol. The SMILES string of the molecule is COc1ccccc1NC1=C(Sc2ccc(C)cc2)C(=O)N(c2cc(Cl)ccc2OC)C1=O. The molecule has 0 spiro atoms. The van der Waals surface area contributed by atoms with Crippen LogP contribution in [0.2, 0.25) is 5.02 Å². The molecule has 33 heavy (non-hydrogen) atoms. The number of amides is 2. The molecule has 0 aromatic heterocycles. The van der Waals surface area contributed by atoms with Crippen LogP contribution in [0.15, 0.2) is 82.2 Å². The van der Waals surface area contributed by atoms with E-state index in [1.807, 2.05) is 43.3 Å². The molecule has 3 aromatic rings. The highest BCUT2D eigenvalue weighted by molar-refractivity contribution is 8.04. The van der Waals surface area contributed by atoms with Crippen LogP contribution in [0.1, 0.15) is 5.56 Å². The quantitative estimate of drug-likeness (QED) is 0.440. The zero-order chi connectivity index (χ0) is 23.5. The molecule has 0 atom stereocenters. The number of anilines is 2. The third-order valence-corrected chi connectivity index (χ3v) is 6.36. The fourth-order valence-electron chi connectivity index (χ4n) is 3.38. The summed E-state index contributed by atoms with van der Waals surface area (Å²) in [4.78, 5) is 29.3. The van der Waals surface area contributed by atoms with Crippen LogP contribution in [0.25, 0.3) is 0 Å². The van der Waals surface area contributed by atoms with E-state index in [0.717, 1.165) is 15.4 Å². The lowest BCUT2D eigenvalue weighted by atomic mass is 10.2. The molecule has 8 heteroatoms. The number of halogens is 1. The van der Waals surface area contributed by atoms with Crippen molar-refractivity contribution in [3.63, 3.8) is 0 Å². The number of methoxy groups -OCH3 is 2. The number of para-hydroxylation sites is 2. The zero-order valence-corrected chi connectivity index (χ0v) is 19.8. The third kappa shape index (κ3) is 4.55. The second-order valence-corrected chi connectivity index (χ2v) is 8.73. The van der Waals surface area contributed by atoms with Crippen molar-refractivity contribution < 1.29 is 19.1 Å². The van der Waals surface area contributed by atoms with Gasteiger partial charge in [-0.2, -0.15) is 0 Å². The summed E-state index contributed by atoms with van der Waals surface area (Å²) in [5.74, 6) is -0.0762. The lowest BCUT2D eigenvalue weighted by Gasteiger charge is -2.18. The smallest absolute Gasteiger partial charge is 0.283 e. The van der Waals surface area contributed by atoms with E-state index < -0.39 is 11.8 Å². The molecule has 0 aliphatic carbocycles. The van der Waals surface area contributed by atoms with Crippen LogP contribution in [-0.4, -0.2) is 26.0 Å². The Hall–Kier alpha value is -3.42. The van der Waals surface area contributed by atoms with E-state index in [-0.39, 0.29) is 16.3 Å². The van der Waals surface area contributed by atoms with E-state index >= 15 is 0 Å². The van der Waals surface area contributed by atoms with E-state index in [1.165, 1.54) is 24.9 Å². The molecule has 0 bridgehead atoms. The third-order valence-electron chi connectivity index (χ3n) is 5.03. The van der Waals surface area contributed by atoms with Crippen molar-refractivity contribution >= 4 is 46.6 Å². The number of carbonyl (C=O) groups excluding carboxylic acids is 2. The van der Waals surface area contributed by atoms with Gasteiger partial charge in [-0.05, 0) is 49.4 Å². The summed E-state index contributed by atoms with van der Waals surface area (Å²) >= 11 is 7.40. The largest absolute Gasteiger partial charge is 0.495 e. The van der Waals surface area contributed by atoms with Gasteiger partial charge in [0.2, 0.25) is 0 Å². The van der Waals surface area contributed by atoms with Crippen LogP contribution >= 0.6 is 23.4 Å². The number of hydrogen-bond donors (Lipinski definition) is 1. The Morgan fingerprint density at radius 3 is 2.27 bits per heavy atom. The summed E-state index contributed by atoms with van der Waals surface area (Å²) in [5.41, 5.74) is 2.09. The Labute approximate surface area is 201 Å². The van der Waals surface area contributed by atoms with Crippen LogP contribution in [0.5, 0.6) is 11.5 Å². The summed E-state index contributed by atoms with van der Waals surface area (Å²) in [6, 6.07) is 19.7. The number of benzene rings is 3. The van der Waals surface area contributed by atoms with Gasteiger partial charge in [0.05, 0.1) is 25.6 Å². The Kier molecular flexibility index (Phi) is 6.62. The highest BCUT2D eigenvalue weighted by Gasteiger charge is 2.41. The minimum absolute atomic E-state index is 0.150. The first-order chi connectivity index (χ1) is 15.9. The van der Waals surface area contributed by atoms with Crippen LogP contribution in [0.3, 0.4) is 0 Å². The van der Waals surface area contributed by atoms with Gasteiger partial charge in [-0.25, -0.2) is 4.90 Å². The zero-order valence-electron chi connectivity index (χ0n) is 18.2. The van der Waals surface area contributed by atoms with Gasteiger partial charge >= 0.3 is 0 Å². The molecule has 2 amide bonds. The molecule has 1 N–H and O–H groups in total. The highest BCUT2D eigenvalue weighted by Crippen LogP contribution is 2.42. The van der Waals surface area contributed by atoms with Crippen molar-refractivity contribution in [3.8, 4) is 11.5 Å². The van der Waals surface area contributed by atoms with Crippen LogP contribution < -0.4 is 19.7 Å². The van der Waals surface area contributed by atoms with Gasteiger partial charge in [-0.3, -0.25) is 9.59 Å². The second kappa shape index (κ2) is 9.60. The van der Waals surface area contributed by atoms with Gasteiger partial charge in [0.15, 0.2) is 0 Å². The number of rotatable bonds is 7. The Morgan fingerprint density at radius 1 is 0.879 bits per heavy atom. The Balaban J connectivity index is 1.80. The van der Waals surface area contributed by atoms with E-state index in [1.54, 1.807) is 31.4 Å². The first-order valence-corrected chi connectivity index (χ1v) is 11.2. The van der Waals surface area contributed by atoms with Gasteiger partial charge in [-0.15, -0.1) is 0 Å². The van der Waals surface area contributed by atoms with Crippen molar-refractivity contribution in [2.45, 2.75) is 11.8 Å². The second-order valence-electron chi connectivity index (χ2n) is 7.21. The van der Waals surface area contributed by atoms with Crippen molar-refractivity contribution in [2.24, 2.45) is 0 Å². The molecule has 0 fully saturated rings. The molecule has 3 aromatic carbocycles. The van der Waals surface area contributed by atoms with Gasteiger partial charge in [0.25, 0.3) is 11.8 Å². The fourth-order valence-corrected chi connectivity index (χ4v) is 4.47. The number of aryl methyl sites for hydroxylation is 1. The number of nitrogens with one attached hydrogen (secondary N) is 1. The predicted molar refractivity (Wildman–Crippen MR) is 131 cm³/mol. The van der Waals surface area contributed by atoms with Crippen molar-refractivity contribution in [2.75, 3.05) is 24.4 Å². The average Bonchev–Trinajstić information content (AvgIpc) is 3.04. The summed E-state index contributed by atoms with van der Waals surface area (Å²) in [7, 11) is 3.02. The summed E-state index contributed by atoms with van der Waals surface area (Å²) in [6.45, 7) is 1.99. The molecular formula is C25H21ClN2O4S. The average molecular weight is 481 g/mol. The lowest BCUT2D eigenvalue weighted by Crippen LogP contribution is -2.32. The number of thioether (sulfide) groups is 1. The molecule has 0 saturated carbocycles. The normalized spacial score (nSPS) is 13.5. The number of carbonyl (C=O) groups is 2. The van der Waals surface area contributed by atoms with Crippen molar-refractivity contribution in [3.05, 3.63) is 87.9 Å². The van der Waals surface area contributed by atoms with E-state index in [9.17, 15) is 9.59 Å². The summed E-state index contributed by atoms with van der Waals surface area (Å²) < 4.78 is 10.8. The molecule has 1 aliphatic heterocycles. The molecule has 0 unspecified atom stereocenters. The first-order valence-electron chi connectivity index (χ1n) is 10.0. The van der Waals surface area contributed by atoms with Crippen LogP contribution in [0, 0.1) is 6.92 Å². The molecule has 168 valence electrons. The predicted octanol–water partition coefficient (Wildman–Crippen LogP) is 5.65. The van der Waals surface area contributed by atoms with E-state index in [2.05, 4.69) is 5.32 Å². The minimum atomic E-state index is -0.513. The summed E-state index contributed by atoms with van der Waals surface area (Å²) in [5, 5.41) is 3.50. The topological polar surface area (TPSA) is 67.9 Å². The van der Waals surface area contributed by atoms with Crippen LogP contribution in [-0.2, 0) is 9.59 Å². The Bertz CT molecular complexity index is 1260. The van der Waals surface area contributed by atoms with Gasteiger partial charge in [0.1, 0.15) is 22.1 Å². The molecule has 4 rings (SSSR count). The molecule has 1 heterocycles. The van der Waals surface area contributed by atoms with Crippen molar-refractivity contribution in [1.82, 2.24) is 0 Å². The molecular weight excluding hydrogens is 460 g/mol.